The first-order chi connectivity index (χ1) is 8.26. The fourth-order valence-electron chi connectivity index (χ4n) is 1.15. The molecule has 0 bridgehead atoms. The lowest BCUT2D eigenvalue weighted by Crippen LogP contribution is -2.34. The molecule has 0 saturated heterocycles. The van der Waals surface area contributed by atoms with Gasteiger partial charge in [-0.25, -0.2) is 4.79 Å². The normalized spacial score (nSPS) is 9.24. The Morgan fingerprint density at radius 3 is 2.59 bits per heavy atom. The number of ether oxygens (including phenoxy) is 2. The van der Waals surface area contributed by atoms with Crippen LogP contribution in [-0.2, 0) is 0 Å². The predicted molar refractivity (Wildman–Crippen MR) is 65.2 cm³/mol. The molecule has 0 aliphatic carbocycles. The summed E-state index contributed by atoms with van der Waals surface area (Å²) >= 11 is 0. The first-order valence-electron chi connectivity index (χ1n) is 5.18. The van der Waals surface area contributed by atoms with E-state index >= 15 is 0 Å². The van der Waals surface area contributed by atoms with E-state index in [1.54, 1.807) is 7.11 Å². The van der Waals surface area contributed by atoms with Crippen molar-refractivity contribution in [3.63, 3.8) is 0 Å². The molecule has 17 heavy (non-hydrogen) atoms. The van der Waals surface area contributed by atoms with Crippen molar-refractivity contribution in [2.45, 2.75) is 0 Å². The molecular weight excluding hydrogens is 220 g/mol. The van der Waals surface area contributed by atoms with E-state index in [2.05, 4.69) is 17.2 Å². The standard InChI is InChI=1S/C12H16N2O3/c1-3-13-12(15)14-8-9-17-11-6-4-10(16-2)5-7-11/h3-7H,1,8-9H2,2H3,(H2,13,14,15). The van der Waals surface area contributed by atoms with Gasteiger partial charge in [0.25, 0.3) is 0 Å². The van der Waals surface area contributed by atoms with Gasteiger partial charge in [-0.1, -0.05) is 6.58 Å². The molecular formula is C12H16N2O3. The Kier molecular flexibility index (Phi) is 5.43. The van der Waals surface area contributed by atoms with E-state index in [0.29, 0.717) is 13.2 Å². The highest BCUT2D eigenvalue weighted by Crippen LogP contribution is 2.16. The maximum atomic E-state index is 11.0. The van der Waals surface area contributed by atoms with Gasteiger partial charge in [-0.05, 0) is 30.5 Å². The number of amides is 2. The van der Waals surface area contributed by atoms with Gasteiger partial charge in [0.2, 0.25) is 0 Å². The number of nitrogens with one attached hydrogen (secondary N) is 2. The molecule has 0 heterocycles. The molecule has 0 fully saturated rings. The lowest BCUT2D eigenvalue weighted by Gasteiger charge is -2.08. The lowest BCUT2D eigenvalue weighted by molar-refractivity contribution is 0.239. The molecule has 1 aromatic rings. The van der Waals surface area contributed by atoms with E-state index in [1.165, 1.54) is 6.20 Å². The monoisotopic (exact) mass is 236 g/mol. The van der Waals surface area contributed by atoms with Gasteiger partial charge in [0.15, 0.2) is 0 Å². The summed E-state index contributed by atoms with van der Waals surface area (Å²) in [6, 6.07) is 6.95. The van der Waals surface area contributed by atoms with Gasteiger partial charge in [-0.15, -0.1) is 0 Å². The lowest BCUT2D eigenvalue weighted by atomic mass is 10.3. The minimum absolute atomic E-state index is 0.293. The summed E-state index contributed by atoms with van der Waals surface area (Å²) in [5.41, 5.74) is 0. The van der Waals surface area contributed by atoms with Crippen molar-refractivity contribution in [1.29, 1.82) is 0 Å². The second kappa shape index (κ2) is 7.16. The van der Waals surface area contributed by atoms with Crippen LogP contribution in [-0.4, -0.2) is 26.3 Å². The third-order valence-electron chi connectivity index (χ3n) is 1.95. The van der Waals surface area contributed by atoms with Crippen molar-refractivity contribution < 1.29 is 14.3 Å². The van der Waals surface area contributed by atoms with E-state index < -0.39 is 0 Å². The van der Waals surface area contributed by atoms with E-state index in [0.717, 1.165) is 11.5 Å². The fourth-order valence-corrected chi connectivity index (χ4v) is 1.15. The summed E-state index contributed by atoms with van der Waals surface area (Å²) in [5.74, 6) is 1.51. The fraction of sp³-hybridized carbons (Fsp3) is 0.250. The van der Waals surface area contributed by atoms with Crippen molar-refractivity contribution in [3.8, 4) is 11.5 Å². The zero-order valence-corrected chi connectivity index (χ0v) is 9.73. The van der Waals surface area contributed by atoms with Crippen LogP contribution in [0.25, 0.3) is 0 Å². The Morgan fingerprint density at radius 2 is 2.00 bits per heavy atom. The zero-order chi connectivity index (χ0) is 12.5. The second-order valence-corrected chi connectivity index (χ2v) is 3.13. The number of rotatable bonds is 6. The van der Waals surface area contributed by atoms with Crippen LogP contribution in [0.3, 0.4) is 0 Å². The summed E-state index contributed by atoms with van der Waals surface area (Å²) < 4.78 is 10.4. The molecule has 0 unspecified atom stereocenters. The minimum atomic E-state index is -0.293. The number of benzene rings is 1. The number of carbonyl (C=O) groups excluding carboxylic acids is 1. The quantitative estimate of drug-likeness (QED) is 0.736. The van der Waals surface area contributed by atoms with Crippen LogP contribution in [0.2, 0.25) is 0 Å². The van der Waals surface area contributed by atoms with Crippen LogP contribution in [0.1, 0.15) is 0 Å². The van der Waals surface area contributed by atoms with Crippen LogP contribution < -0.4 is 20.1 Å². The van der Waals surface area contributed by atoms with E-state index in [1.807, 2.05) is 24.3 Å². The smallest absolute Gasteiger partial charge is 0.318 e. The molecule has 5 heteroatoms. The summed E-state index contributed by atoms with van der Waals surface area (Å²) in [6.07, 6.45) is 1.32. The molecule has 5 nitrogen and oxygen atoms in total. The Bertz CT molecular complexity index is 363. The second-order valence-electron chi connectivity index (χ2n) is 3.13. The maximum absolute atomic E-state index is 11.0. The Balaban J connectivity index is 2.21. The molecule has 2 N–H and O–H groups in total. The molecule has 1 rings (SSSR count). The van der Waals surface area contributed by atoms with Crippen molar-refractivity contribution in [1.82, 2.24) is 10.6 Å². The summed E-state index contributed by atoms with van der Waals surface area (Å²) in [6.45, 7) is 4.20. The first kappa shape index (κ1) is 12.9. The first-order valence-corrected chi connectivity index (χ1v) is 5.18. The van der Waals surface area contributed by atoms with Crippen LogP contribution in [0, 0.1) is 0 Å². The summed E-state index contributed by atoms with van der Waals surface area (Å²) in [7, 11) is 1.61. The van der Waals surface area contributed by atoms with Crippen LogP contribution in [0.15, 0.2) is 37.0 Å². The highest BCUT2D eigenvalue weighted by atomic mass is 16.5. The molecule has 0 aliphatic rings. The Hall–Kier alpha value is -2.17. The van der Waals surface area contributed by atoms with Crippen LogP contribution >= 0.6 is 0 Å². The molecule has 0 radical (unpaired) electrons. The molecule has 1 aromatic carbocycles. The van der Waals surface area contributed by atoms with Gasteiger partial charge in [-0.2, -0.15) is 0 Å². The predicted octanol–water partition coefficient (Wildman–Crippen LogP) is 1.52. The minimum Gasteiger partial charge on any atom is -0.497 e. The number of methoxy groups -OCH3 is 1. The molecule has 2 amide bonds. The van der Waals surface area contributed by atoms with E-state index in [-0.39, 0.29) is 6.03 Å². The number of carbonyl (C=O) groups is 1. The van der Waals surface area contributed by atoms with Crippen molar-refractivity contribution >= 4 is 6.03 Å². The Morgan fingerprint density at radius 1 is 1.35 bits per heavy atom. The zero-order valence-electron chi connectivity index (χ0n) is 9.73. The molecule has 0 aliphatic heterocycles. The van der Waals surface area contributed by atoms with E-state index in [4.69, 9.17) is 9.47 Å². The molecule has 0 spiro atoms. The van der Waals surface area contributed by atoms with Gasteiger partial charge >= 0.3 is 6.03 Å². The van der Waals surface area contributed by atoms with Crippen molar-refractivity contribution in [2.24, 2.45) is 0 Å². The average Bonchev–Trinajstić information content (AvgIpc) is 2.36. The highest BCUT2D eigenvalue weighted by molar-refractivity contribution is 5.74. The highest BCUT2D eigenvalue weighted by Gasteiger charge is 1.97. The van der Waals surface area contributed by atoms with Gasteiger partial charge in [0, 0.05) is 0 Å². The molecule has 0 atom stereocenters. The Labute approximate surface area is 100 Å². The van der Waals surface area contributed by atoms with Crippen LogP contribution in [0.4, 0.5) is 4.79 Å². The average molecular weight is 236 g/mol. The molecule has 0 saturated carbocycles. The number of urea groups is 1. The van der Waals surface area contributed by atoms with Crippen molar-refractivity contribution in [2.75, 3.05) is 20.3 Å². The van der Waals surface area contributed by atoms with Crippen molar-refractivity contribution in [3.05, 3.63) is 37.0 Å². The maximum Gasteiger partial charge on any atom is 0.318 e. The molecule has 92 valence electrons. The van der Waals surface area contributed by atoms with E-state index in [9.17, 15) is 4.79 Å². The number of hydrogen-bond donors (Lipinski definition) is 2. The summed E-state index contributed by atoms with van der Waals surface area (Å²) in [4.78, 5) is 11.0. The van der Waals surface area contributed by atoms with Gasteiger partial charge in [0.1, 0.15) is 18.1 Å². The van der Waals surface area contributed by atoms with Gasteiger partial charge in [-0.3, -0.25) is 0 Å². The third-order valence-corrected chi connectivity index (χ3v) is 1.95. The largest absolute Gasteiger partial charge is 0.497 e. The van der Waals surface area contributed by atoms with Crippen LogP contribution in [0.5, 0.6) is 11.5 Å². The molecule has 0 aromatic heterocycles. The SMILES string of the molecule is C=CNC(=O)NCCOc1ccc(OC)cc1. The summed E-state index contributed by atoms with van der Waals surface area (Å²) in [5, 5.41) is 5.01. The third kappa shape index (κ3) is 4.92. The number of hydrogen-bond acceptors (Lipinski definition) is 3. The van der Waals surface area contributed by atoms with Gasteiger partial charge < -0.3 is 20.1 Å². The van der Waals surface area contributed by atoms with Gasteiger partial charge in [0.05, 0.1) is 13.7 Å². The topological polar surface area (TPSA) is 59.6 Å².